The van der Waals surface area contributed by atoms with Gasteiger partial charge in [-0.25, -0.2) is 0 Å². The number of hydrogen-bond acceptors (Lipinski definition) is 6. The fraction of sp³-hybridized carbons (Fsp3) is 0.852. The number of carbonyl (C=O) groups is 3. The zero-order chi connectivity index (χ0) is 48.6. The van der Waals surface area contributed by atoms with Gasteiger partial charge >= 0.3 is 17.9 Å². The molecule has 0 spiro atoms. The summed E-state index contributed by atoms with van der Waals surface area (Å²) in [6.07, 6.45) is 67.0. The van der Waals surface area contributed by atoms with Gasteiger partial charge in [0.25, 0.3) is 0 Å². The van der Waals surface area contributed by atoms with Gasteiger partial charge in [-0.05, 0) is 96.3 Å². The van der Waals surface area contributed by atoms with Crippen molar-refractivity contribution in [1.82, 2.24) is 0 Å². The Hall–Kier alpha value is -2.37. The molecule has 0 saturated heterocycles. The van der Waals surface area contributed by atoms with Gasteiger partial charge in [0.15, 0.2) is 6.10 Å². The molecule has 6 nitrogen and oxygen atoms in total. The number of rotatable bonds is 54. The second-order valence-corrected chi connectivity index (χ2v) is 19.9. The maximum atomic E-state index is 12.8. The maximum Gasteiger partial charge on any atom is 0.306 e. The molecule has 0 rings (SSSR count). The van der Waals surface area contributed by atoms with Crippen LogP contribution in [0, 0.1) is 0 Å². The van der Waals surface area contributed by atoms with E-state index < -0.39 is 6.10 Å². The van der Waals surface area contributed by atoms with E-state index in [1.807, 2.05) is 0 Å². The van der Waals surface area contributed by atoms with Gasteiger partial charge in [-0.15, -0.1) is 0 Å². The Labute approximate surface area is 416 Å². The summed E-state index contributed by atoms with van der Waals surface area (Å²) in [7, 11) is 0. The highest BCUT2D eigenvalue weighted by molar-refractivity contribution is 5.71. The van der Waals surface area contributed by atoms with E-state index in [0.29, 0.717) is 19.3 Å². The van der Waals surface area contributed by atoms with Crippen LogP contribution >= 0.6 is 0 Å². The lowest BCUT2D eigenvalue weighted by Gasteiger charge is -2.18. The van der Waals surface area contributed by atoms with Gasteiger partial charge in [0.05, 0.1) is 0 Å². The van der Waals surface area contributed by atoms with E-state index >= 15 is 0 Å². The van der Waals surface area contributed by atoms with Gasteiger partial charge in [0.1, 0.15) is 13.2 Å². The monoisotopic (exact) mass is 941 g/mol. The summed E-state index contributed by atoms with van der Waals surface area (Å²) in [6, 6.07) is 0. The summed E-state index contributed by atoms with van der Waals surface area (Å²) in [4.78, 5) is 38.2. The first-order valence-corrected chi connectivity index (χ1v) is 29.5. The van der Waals surface area contributed by atoms with Crippen LogP contribution in [0.2, 0.25) is 0 Å². The molecule has 0 fully saturated rings. The topological polar surface area (TPSA) is 78.9 Å². The molecule has 392 valence electrons. The van der Waals surface area contributed by atoms with Crippen LogP contribution in [-0.2, 0) is 28.6 Å². The van der Waals surface area contributed by atoms with Crippen LogP contribution in [0.5, 0.6) is 0 Å². The zero-order valence-electron chi connectivity index (χ0n) is 44.9. The predicted molar refractivity (Wildman–Crippen MR) is 289 cm³/mol. The molecule has 6 heteroatoms. The maximum absolute atomic E-state index is 12.8. The minimum Gasteiger partial charge on any atom is -0.462 e. The largest absolute Gasteiger partial charge is 0.462 e. The highest BCUT2D eigenvalue weighted by Crippen LogP contribution is 2.16. The molecule has 0 aromatic rings. The van der Waals surface area contributed by atoms with Gasteiger partial charge < -0.3 is 14.2 Å². The summed E-state index contributed by atoms with van der Waals surface area (Å²) in [5.74, 6) is -0.880. The van der Waals surface area contributed by atoms with E-state index in [-0.39, 0.29) is 31.1 Å². The minimum absolute atomic E-state index is 0.0768. The molecule has 0 aliphatic rings. The second kappa shape index (κ2) is 56.2. The van der Waals surface area contributed by atoms with Gasteiger partial charge in [-0.1, -0.05) is 237 Å². The van der Waals surface area contributed by atoms with Crippen molar-refractivity contribution in [3.63, 3.8) is 0 Å². The van der Waals surface area contributed by atoms with Crippen molar-refractivity contribution in [2.45, 2.75) is 322 Å². The van der Waals surface area contributed by atoms with Gasteiger partial charge in [0.2, 0.25) is 0 Å². The van der Waals surface area contributed by atoms with Crippen molar-refractivity contribution in [1.29, 1.82) is 0 Å². The fourth-order valence-electron chi connectivity index (χ4n) is 8.60. The molecule has 0 aromatic carbocycles. The lowest BCUT2D eigenvalue weighted by molar-refractivity contribution is -0.167. The molecule has 67 heavy (non-hydrogen) atoms. The molecule has 0 radical (unpaired) electrons. The van der Waals surface area contributed by atoms with Gasteiger partial charge in [0, 0.05) is 19.3 Å². The third-order valence-corrected chi connectivity index (χ3v) is 13.1. The van der Waals surface area contributed by atoms with Crippen molar-refractivity contribution < 1.29 is 28.6 Å². The Morgan fingerprint density at radius 3 is 0.746 bits per heavy atom. The standard InChI is InChI=1S/C61H112O6/c1-4-7-10-13-16-19-22-25-28-29-30-31-34-36-39-42-45-48-51-54-60(63)66-57-58(67-61(64)55-52-49-46-43-40-37-33-27-24-21-18-15-12-9-6-3)56-65-59(62)53-50-47-44-41-38-35-32-26-23-20-17-14-11-8-5-2/h25-28,32-33,58H,4-24,29-31,34-57H2,1-3H3. The molecule has 1 atom stereocenters. The Morgan fingerprint density at radius 1 is 0.284 bits per heavy atom. The molecule has 0 aliphatic heterocycles. The van der Waals surface area contributed by atoms with Crippen LogP contribution in [0.4, 0.5) is 0 Å². The van der Waals surface area contributed by atoms with Crippen LogP contribution in [-0.4, -0.2) is 37.2 Å². The molecule has 0 heterocycles. The van der Waals surface area contributed by atoms with Crippen LogP contribution in [0.3, 0.4) is 0 Å². The minimum atomic E-state index is -0.779. The smallest absolute Gasteiger partial charge is 0.306 e. The first-order valence-electron chi connectivity index (χ1n) is 29.5. The summed E-state index contributed by atoms with van der Waals surface area (Å²) in [6.45, 7) is 6.65. The molecular weight excluding hydrogens is 829 g/mol. The molecule has 0 aliphatic carbocycles. The number of ether oxygens (including phenoxy) is 3. The second-order valence-electron chi connectivity index (χ2n) is 19.9. The Kier molecular flexibility index (Phi) is 54.2. The zero-order valence-corrected chi connectivity index (χ0v) is 44.9. The molecular formula is C61H112O6. The lowest BCUT2D eigenvalue weighted by Crippen LogP contribution is -2.30. The summed E-state index contributed by atoms with van der Waals surface area (Å²) >= 11 is 0. The van der Waals surface area contributed by atoms with Crippen LogP contribution < -0.4 is 0 Å². The van der Waals surface area contributed by atoms with Crippen LogP contribution in [0.15, 0.2) is 36.5 Å². The van der Waals surface area contributed by atoms with Crippen LogP contribution in [0.25, 0.3) is 0 Å². The molecule has 1 unspecified atom stereocenters. The third-order valence-electron chi connectivity index (χ3n) is 13.1. The van der Waals surface area contributed by atoms with Crippen molar-refractivity contribution in [2.24, 2.45) is 0 Å². The Morgan fingerprint density at radius 2 is 0.493 bits per heavy atom. The average molecular weight is 942 g/mol. The first-order chi connectivity index (χ1) is 33.0. The van der Waals surface area contributed by atoms with E-state index in [1.165, 1.54) is 205 Å². The molecule has 0 bridgehead atoms. The van der Waals surface area contributed by atoms with E-state index in [2.05, 4.69) is 57.2 Å². The van der Waals surface area contributed by atoms with Crippen molar-refractivity contribution >= 4 is 17.9 Å². The van der Waals surface area contributed by atoms with E-state index in [4.69, 9.17) is 14.2 Å². The first kappa shape index (κ1) is 64.6. The SMILES string of the molecule is CCCCCCCCC=CCCCCCCCCCCCC(=O)OCC(COC(=O)CCCCCCCC=CCCCCCCCC)OC(=O)CCCCCCCC=CCCCCCCCC. The van der Waals surface area contributed by atoms with Crippen molar-refractivity contribution in [2.75, 3.05) is 13.2 Å². The third kappa shape index (κ3) is 54.4. The highest BCUT2D eigenvalue weighted by Gasteiger charge is 2.19. The summed E-state index contributed by atoms with van der Waals surface area (Å²) in [5, 5.41) is 0. The quantitative estimate of drug-likeness (QED) is 0.0262. The molecule has 0 amide bonds. The molecule has 0 aromatic heterocycles. The number of hydrogen-bond donors (Lipinski definition) is 0. The summed E-state index contributed by atoms with van der Waals surface area (Å²) < 4.78 is 16.9. The number of esters is 3. The summed E-state index contributed by atoms with van der Waals surface area (Å²) in [5.41, 5.74) is 0. The van der Waals surface area contributed by atoms with E-state index in [1.54, 1.807) is 0 Å². The van der Waals surface area contributed by atoms with Crippen molar-refractivity contribution in [3.8, 4) is 0 Å². The number of carbonyl (C=O) groups excluding carboxylic acids is 3. The van der Waals surface area contributed by atoms with E-state index in [9.17, 15) is 14.4 Å². The van der Waals surface area contributed by atoms with Crippen LogP contribution in [0.1, 0.15) is 316 Å². The predicted octanol–water partition coefficient (Wildman–Crippen LogP) is 19.7. The van der Waals surface area contributed by atoms with Gasteiger partial charge in [-0.3, -0.25) is 14.4 Å². The number of unbranched alkanes of at least 4 members (excludes halogenated alkanes) is 37. The Bertz CT molecular complexity index is 1130. The van der Waals surface area contributed by atoms with Crippen molar-refractivity contribution in [3.05, 3.63) is 36.5 Å². The molecule has 0 saturated carbocycles. The normalized spacial score (nSPS) is 12.2. The van der Waals surface area contributed by atoms with Gasteiger partial charge in [-0.2, -0.15) is 0 Å². The lowest BCUT2D eigenvalue weighted by atomic mass is 10.1. The average Bonchev–Trinajstić information content (AvgIpc) is 3.33. The van der Waals surface area contributed by atoms with E-state index in [0.717, 1.165) is 70.6 Å². The Balaban J connectivity index is 4.35. The molecule has 0 N–H and O–H groups in total. The highest BCUT2D eigenvalue weighted by atomic mass is 16.6. The number of allylic oxidation sites excluding steroid dienone is 6. The fourth-order valence-corrected chi connectivity index (χ4v) is 8.60.